The van der Waals surface area contributed by atoms with Gasteiger partial charge >= 0.3 is 0 Å². The molecule has 0 aliphatic heterocycles. The lowest BCUT2D eigenvalue weighted by molar-refractivity contribution is 0.598. The number of anilines is 3. The zero-order valence-electron chi connectivity index (χ0n) is 11.3. The molecule has 2 aromatic carbocycles. The Labute approximate surface area is 123 Å². The quantitative estimate of drug-likeness (QED) is 0.835. The molecule has 2 aromatic rings. The van der Waals surface area contributed by atoms with Crippen LogP contribution in [0.2, 0.25) is 0 Å². The first-order valence-electron chi connectivity index (χ1n) is 6.00. The molecule has 0 bridgehead atoms. The van der Waals surface area contributed by atoms with Gasteiger partial charge in [0, 0.05) is 7.05 Å². The molecule has 0 saturated heterocycles. The average Bonchev–Trinajstić information content (AvgIpc) is 2.45. The molecule has 0 amide bonds. The van der Waals surface area contributed by atoms with Crippen LogP contribution in [0, 0.1) is 11.3 Å². The number of hydrogen-bond donors (Lipinski definition) is 2. The summed E-state index contributed by atoms with van der Waals surface area (Å²) in [4.78, 5) is 1.52. The largest absolute Gasteiger partial charge is 0.396 e. The van der Waals surface area contributed by atoms with Crippen LogP contribution < -0.4 is 15.8 Å². The van der Waals surface area contributed by atoms with Crippen LogP contribution in [0.3, 0.4) is 0 Å². The first-order valence-corrected chi connectivity index (χ1v) is 7.55. The van der Waals surface area contributed by atoms with Gasteiger partial charge in [0.1, 0.15) is 11.0 Å². The van der Waals surface area contributed by atoms with E-state index < -0.39 is 10.0 Å². The van der Waals surface area contributed by atoms with Crippen LogP contribution in [-0.4, -0.2) is 15.5 Å². The minimum Gasteiger partial charge on any atom is -0.396 e. The van der Waals surface area contributed by atoms with Crippen LogP contribution >= 0.6 is 0 Å². The number of nitriles is 1. The van der Waals surface area contributed by atoms with E-state index in [-0.39, 0.29) is 10.6 Å². The smallest absolute Gasteiger partial charge is 0.240 e. The number of sulfonamides is 1. The summed E-state index contributed by atoms with van der Waals surface area (Å²) in [5.41, 5.74) is 7.51. The second-order valence-corrected chi connectivity index (χ2v) is 5.95. The normalized spacial score (nSPS) is 10.9. The molecule has 2 rings (SSSR count). The van der Waals surface area contributed by atoms with Crippen LogP contribution in [0.4, 0.5) is 17.1 Å². The van der Waals surface area contributed by atoms with E-state index >= 15 is 0 Å². The first kappa shape index (κ1) is 14.8. The van der Waals surface area contributed by atoms with Crippen molar-refractivity contribution in [2.45, 2.75) is 4.90 Å². The van der Waals surface area contributed by atoms with Gasteiger partial charge in [0.25, 0.3) is 0 Å². The number of nitrogens with two attached hydrogens (primary N) is 2. The van der Waals surface area contributed by atoms with E-state index in [9.17, 15) is 8.42 Å². The molecule has 4 N–H and O–H groups in total. The van der Waals surface area contributed by atoms with Crippen molar-refractivity contribution in [3.8, 4) is 6.07 Å². The molecular weight excluding hydrogens is 288 g/mol. The number of primary sulfonamides is 1. The highest BCUT2D eigenvalue weighted by Gasteiger charge is 2.18. The molecule has 0 atom stereocenters. The molecule has 6 nitrogen and oxygen atoms in total. The Hall–Kier alpha value is -2.56. The van der Waals surface area contributed by atoms with Crippen LogP contribution in [0.15, 0.2) is 47.4 Å². The molecule has 0 radical (unpaired) electrons. The summed E-state index contributed by atoms with van der Waals surface area (Å²) >= 11 is 0. The van der Waals surface area contributed by atoms with Crippen LogP contribution in [-0.2, 0) is 10.0 Å². The highest BCUT2D eigenvalue weighted by Crippen LogP contribution is 2.34. The van der Waals surface area contributed by atoms with Crippen LogP contribution in [0.25, 0.3) is 0 Å². The van der Waals surface area contributed by atoms with Crippen molar-refractivity contribution in [1.82, 2.24) is 0 Å². The molecular formula is C14H14N4O2S. The summed E-state index contributed by atoms with van der Waals surface area (Å²) < 4.78 is 23.0. The number of benzene rings is 2. The maximum absolute atomic E-state index is 11.5. The van der Waals surface area contributed by atoms with Gasteiger partial charge in [-0.05, 0) is 24.3 Å². The molecule has 0 spiro atoms. The minimum atomic E-state index is -3.90. The Kier molecular flexibility index (Phi) is 3.84. The maximum atomic E-state index is 11.5. The fraction of sp³-hybridized carbons (Fsp3) is 0.0714. The Bertz CT molecular complexity index is 825. The summed E-state index contributed by atoms with van der Waals surface area (Å²) in [6, 6.07) is 13.6. The fourth-order valence-corrected chi connectivity index (χ4v) is 2.74. The molecule has 108 valence electrons. The number of para-hydroxylation sites is 2. The summed E-state index contributed by atoms with van der Waals surface area (Å²) in [5.74, 6) is 0. The lowest BCUT2D eigenvalue weighted by Gasteiger charge is -2.23. The van der Waals surface area contributed by atoms with E-state index in [0.717, 1.165) is 0 Å². The van der Waals surface area contributed by atoms with Crippen molar-refractivity contribution in [3.05, 3.63) is 48.0 Å². The molecule has 0 aliphatic carbocycles. The van der Waals surface area contributed by atoms with E-state index in [2.05, 4.69) is 6.07 Å². The van der Waals surface area contributed by atoms with Gasteiger partial charge in [0.05, 0.1) is 22.6 Å². The number of hydrogen-bond acceptors (Lipinski definition) is 5. The van der Waals surface area contributed by atoms with Gasteiger partial charge in [0.15, 0.2) is 0 Å². The highest BCUT2D eigenvalue weighted by molar-refractivity contribution is 7.89. The maximum Gasteiger partial charge on any atom is 0.240 e. The second-order valence-electron chi connectivity index (χ2n) is 4.42. The summed E-state index contributed by atoms with van der Waals surface area (Å²) in [5, 5.41) is 14.3. The number of nitrogens with zero attached hydrogens (tertiary/aromatic N) is 2. The number of nitrogen functional groups attached to an aromatic ring is 1. The van der Waals surface area contributed by atoms with E-state index in [0.29, 0.717) is 16.9 Å². The lowest BCUT2D eigenvalue weighted by atomic mass is 10.1. The third-order valence-corrected chi connectivity index (χ3v) is 4.07. The van der Waals surface area contributed by atoms with Gasteiger partial charge in [-0.1, -0.05) is 18.2 Å². The summed E-state index contributed by atoms with van der Waals surface area (Å²) in [7, 11) is -2.20. The average molecular weight is 302 g/mol. The molecule has 0 aliphatic rings. The van der Waals surface area contributed by atoms with Gasteiger partial charge in [-0.15, -0.1) is 0 Å². The van der Waals surface area contributed by atoms with Gasteiger partial charge in [0.2, 0.25) is 10.0 Å². The third kappa shape index (κ3) is 2.81. The van der Waals surface area contributed by atoms with Crippen molar-refractivity contribution in [1.29, 1.82) is 5.26 Å². The lowest BCUT2D eigenvalue weighted by Crippen LogP contribution is -2.18. The fourth-order valence-electron chi connectivity index (χ4n) is 2.06. The molecule has 0 unspecified atom stereocenters. The van der Waals surface area contributed by atoms with E-state index in [1.165, 1.54) is 6.07 Å². The van der Waals surface area contributed by atoms with Crippen molar-refractivity contribution in [2.75, 3.05) is 17.7 Å². The predicted molar refractivity (Wildman–Crippen MR) is 81.4 cm³/mol. The molecule has 0 heterocycles. The van der Waals surface area contributed by atoms with Crippen LogP contribution in [0.1, 0.15) is 5.56 Å². The minimum absolute atomic E-state index is 0.0512. The SMILES string of the molecule is CN(c1ccccc1C#N)c1cccc(S(N)(=O)=O)c1N. The first-order chi connectivity index (χ1) is 9.86. The van der Waals surface area contributed by atoms with Gasteiger partial charge < -0.3 is 10.6 Å². The molecule has 21 heavy (non-hydrogen) atoms. The van der Waals surface area contributed by atoms with Gasteiger partial charge in [-0.25, -0.2) is 13.6 Å². The van der Waals surface area contributed by atoms with Crippen molar-refractivity contribution >= 4 is 27.1 Å². The third-order valence-electron chi connectivity index (χ3n) is 3.10. The van der Waals surface area contributed by atoms with E-state index in [4.69, 9.17) is 16.1 Å². The van der Waals surface area contributed by atoms with Gasteiger partial charge in [-0.2, -0.15) is 5.26 Å². The standard InChI is InChI=1S/C14H14N4O2S/c1-18(11-6-3-2-5-10(11)9-15)12-7-4-8-13(14(12)16)21(17,19)20/h2-8H,16H2,1H3,(H2,17,19,20). The van der Waals surface area contributed by atoms with Crippen molar-refractivity contribution in [2.24, 2.45) is 5.14 Å². The second kappa shape index (κ2) is 5.44. The Morgan fingerprint density at radius 1 is 1.10 bits per heavy atom. The Morgan fingerprint density at radius 2 is 1.71 bits per heavy atom. The summed E-state index contributed by atoms with van der Waals surface area (Å²) in [6.07, 6.45) is 0. The van der Waals surface area contributed by atoms with E-state index in [1.54, 1.807) is 48.3 Å². The molecule has 0 saturated carbocycles. The van der Waals surface area contributed by atoms with Crippen LogP contribution in [0.5, 0.6) is 0 Å². The van der Waals surface area contributed by atoms with Crippen molar-refractivity contribution in [3.63, 3.8) is 0 Å². The monoisotopic (exact) mass is 302 g/mol. The topological polar surface area (TPSA) is 113 Å². The molecule has 7 heteroatoms. The zero-order chi connectivity index (χ0) is 15.6. The highest BCUT2D eigenvalue weighted by atomic mass is 32.2. The Morgan fingerprint density at radius 3 is 2.33 bits per heavy atom. The van der Waals surface area contributed by atoms with Gasteiger partial charge in [-0.3, -0.25) is 0 Å². The molecule has 0 fully saturated rings. The van der Waals surface area contributed by atoms with Crippen molar-refractivity contribution < 1.29 is 8.42 Å². The number of rotatable bonds is 3. The summed E-state index contributed by atoms with van der Waals surface area (Å²) in [6.45, 7) is 0. The zero-order valence-corrected chi connectivity index (χ0v) is 12.1. The molecule has 0 aromatic heterocycles. The van der Waals surface area contributed by atoms with E-state index in [1.807, 2.05) is 0 Å². The predicted octanol–water partition coefficient (Wildman–Crippen LogP) is 1.56. The Balaban J connectivity index is 2.60.